The van der Waals surface area contributed by atoms with Crippen LogP contribution < -0.4 is 15.4 Å². The molecule has 1 aromatic heterocycles. The van der Waals surface area contributed by atoms with E-state index in [4.69, 9.17) is 16.3 Å². The minimum absolute atomic E-state index is 0.218. The van der Waals surface area contributed by atoms with Gasteiger partial charge in [-0.25, -0.2) is 9.97 Å². The summed E-state index contributed by atoms with van der Waals surface area (Å²) in [4.78, 5) is 20.3. The molecule has 0 unspecified atom stereocenters. The van der Waals surface area contributed by atoms with E-state index in [9.17, 15) is 4.79 Å². The summed E-state index contributed by atoms with van der Waals surface area (Å²) in [6, 6.07) is 5.19. The molecule has 2 N–H and O–H groups in total. The Bertz CT molecular complexity index is 696. The van der Waals surface area contributed by atoms with E-state index < -0.39 is 0 Å². The Morgan fingerprint density at radius 1 is 1.22 bits per heavy atom. The molecule has 23 heavy (non-hydrogen) atoms. The summed E-state index contributed by atoms with van der Waals surface area (Å²) in [6.07, 6.45) is 2.93. The van der Waals surface area contributed by atoms with Crippen molar-refractivity contribution < 1.29 is 9.53 Å². The minimum Gasteiger partial charge on any atom is -0.495 e. The van der Waals surface area contributed by atoms with E-state index in [2.05, 4.69) is 20.6 Å². The zero-order valence-corrected chi connectivity index (χ0v) is 14.2. The van der Waals surface area contributed by atoms with Gasteiger partial charge in [0.25, 0.3) is 5.91 Å². The van der Waals surface area contributed by atoms with Crippen LogP contribution in [0.4, 0.5) is 11.6 Å². The molecule has 0 aliphatic rings. The standard InChI is InChI=1S/C16H19ClN4O2/c1-16(2,3)21-14(22)10-8-18-15(19-9-10)20-12-7-11(17)5-6-13(12)23-4/h5-9H,1-4H3,(H,21,22)(H,18,19,20). The van der Waals surface area contributed by atoms with Crippen LogP contribution >= 0.6 is 11.6 Å². The number of carbonyl (C=O) groups is 1. The molecule has 1 aromatic carbocycles. The van der Waals surface area contributed by atoms with Crippen LogP contribution in [0.5, 0.6) is 5.75 Å². The number of hydrogen-bond donors (Lipinski definition) is 2. The summed E-state index contributed by atoms with van der Waals surface area (Å²) < 4.78 is 5.25. The van der Waals surface area contributed by atoms with Gasteiger partial charge in [0.15, 0.2) is 0 Å². The van der Waals surface area contributed by atoms with Gasteiger partial charge in [-0.3, -0.25) is 4.79 Å². The number of hydrogen-bond acceptors (Lipinski definition) is 5. The van der Waals surface area contributed by atoms with Gasteiger partial charge in [0.2, 0.25) is 5.95 Å². The van der Waals surface area contributed by atoms with Crippen LogP contribution in [0.25, 0.3) is 0 Å². The van der Waals surface area contributed by atoms with Crippen LogP contribution in [0, 0.1) is 0 Å². The normalized spacial score (nSPS) is 11.0. The van der Waals surface area contributed by atoms with Crippen LogP contribution in [0.15, 0.2) is 30.6 Å². The van der Waals surface area contributed by atoms with Crippen molar-refractivity contribution in [2.24, 2.45) is 0 Å². The molecule has 6 nitrogen and oxygen atoms in total. The number of amides is 1. The quantitative estimate of drug-likeness (QED) is 0.896. The summed E-state index contributed by atoms with van der Waals surface area (Å²) in [5, 5.41) is 6.43. The molecule has 0 aliphatic heterocycles. The van der Waals surface area contributed by atoms with E-state index in [0.29, 0.717) is 28.0 Å². The number of anilines is 2. The van der Waals surface area contributed by atoms with Crippen LogP contribution in [0.3, 0.4) is 0 Å². The molecule has 2 rings (SSSR count). The Labute approximate surface area is 140 Å². The molecule has 7 heteroatoms. The van der Waals surface area contributed by atoms with Gasteiger partial charge in [-0.1, -0.05) is 11.6 Å². The Morgan fingerprint density at radius 2 is 1.87 bits per heavy atom. The smallest absolute Gasteiger partial charge is 0.254 e. The predicted octanol–water partition coefficient (Wildman–Crippen LogP) is 3.41. The van der Waals surface area contributed by atoms with Gasteiger partial charge in [0, 0.05) is 23.0 Å². The lowest BCUT2D eigenvalue weighted by molar-refractivity contribution is 0.0919. The van der Waals surface area contributed by atoms with Crippen molar-refractivity contribution in [3.63, 3.8) is 0 Å². The lowest BCUT2D eigenvalue weighted by atomic mass is 10.1. The van der Waals surface area contributed by atoms with Crippen molar-refractivity contribution in [1.82, 2.24) is 15.3 Å². The highest BCUT2D eigenvalue weighted by Crippen LogP contribution is 2.29. The Kier molecular flexibility index (Phi) is 5.05. The van der Waals surface area contributed by atoms with Gasteiger partial charge in [-0.2, -0.15) is 0 Å². The molecular weight excluding hydrogens is 316 g/mol. The third kappa shape index (κ3) is 4.82. The van der Waals surface area contributed by atoms with Crippen LogP contribution in [-0.4, -0.2) is 28.5 Å². The molecule has 0 saturated heterocycles. The van der Waals surface area contributed by atoms with Crippen molar-refractivity contribution >= 4 is 29.1 Å². The summed E-state index contributed by atoms with van der Waals surface area (Å²) in [6.45, 7) is 5.73. The number of aromatic nitrogens is 2. The van der Waals surface area contributed by atoms with Gasteiger partial charge in [-0.05, 0) is 39.0 Å². The first kappa shape index (κ1) is 17.0. The van der Waals surface area contributed by atoms with Crippen LogP contribution in [-0.2, 0) is 0 Å². The van der Waals surface area contributed by atoms with Crippen molar-refractivity contribution in [3.8, 4) is 5.75 Å². The molecule has 1 amide bonds. The largest absolute Gasteiger partial charge is 0.495 e. The number of nitrogens with zero attached hydrogens (tertiary/aromatic N) is 2. The van der Waals surface area contributed by atoms with E-state index in [0.717, 1.165) is 0 Å². The molecule has 0 aliphatic carbocycles. The zero-order chi connectivity index (χ0) is 17.0. The fourth-order valence-corrected chi connectivity index (χ4v) is 1.99. The molecule has 0 saturated carbocycles. The second-order valence-corrected chi connectivity index (χ2v) is 6.41. The summed E-state index contributed by atoms with van der Waals surface area (Å²) in [5.74, 6) is 0.745. The highest BCUT2D eigenvalue weighted by Gasteiger charge is 2.16. The Hall–Kier alpha value is -2.34. The number of rotatable bonds is 4. The first-order chi connectivity index (χ1) is 10.8. The molecular formula is C16H19ClN4O2. The first-order valence-electron chi connectivity index (χ1n) is 7.03. The molecule has 0 radical (unpaired) electrons. The maximum Gasteiger partial charge on any atom is 0.254 e. The van der Waals surface area contributed by atoms with Crippen molar-refractivity contribution in [2.45, 2.75) is 26.3 Å². The summed E-state index contributed by atoms with van der Waals surface area (Å²) >= 11 is 5.98. The molecule has 0 fully saturated rings. The Morgan fingerprint density at radius 3 is 2.43 bits per heavy atom. The van der Waals surface area contributed by atoms with Gasteiger partial charge in [0.1, 0.15) is 5.75 Å². The van der Waals surface area contributed by atoms with E-state index in [-0.39, 0.29) is 11.4 Å². The SMILES string of the molecule is COc1ccc(Cl)cc1Nc1ncc(C(=O)NC(C)(C)C)cn1. The fraction of sp³-hybridized carbons (Fsp3) is 0.312. The molecule has 0 spiro atoms. The lowest BCUT2D eigenvalue weighted by Crippen LogP contribution is -2.40. The maximum absolute atomic E-state index is 12.0. The molecule has 0 atom stereocenters. The van der Waals surface area contributed by atoms with E-state index in [1.165, 1.54) is 12.4 Å². The number of nitrogens with one attached hydrogen (secondary N) is 2. The molecule has 1 heterocycles. The highest BCUT2D eigenvalue weighted by atomic mass is 35.5. The number of benzene rings is 1. The third-order valence-corrected chi connectivity index (χ3v) is 3.05. The van der Waals surface area contributed by atoms with E-state index in [1.54, 1.807) is 25.3 Å². The summed E-state index contributed by atoms with van der Waals surface area (Å²) in [7, 11) is 1.56. The number of ether oxygens (including phenoxy) is 1. The predicted molar refractivity (Wildman–Crippen MR) is 90.5 cm³/mol. The second-order valence-electron chi connectivity index (χ2n) is 5.97. The monoisotopic (exact) mass is 334 g/mol. The number of methoxy groups -OCH3 is 1. The van der Waals surface area contributed by atoms with Crippen molar-refractivity contribution in [3.05, 3.63) is 41.2 Å². The first-order valence-corrected chi connectivity index (χ1v) is 7.41. The minimum atomic E-state index is -0.317. The lowest BCUT2D eigenvalue weighted by Gasteiger charge is -2.20. The molecule has 0 bridgehead atoms. The van der Waals surface area contributed by atoms with Crippen LogP contribution in [0.1, 0.15) is 31.1 Å². The van der Waals surface area contributed by atoms with E-state index >= 15 is 0 Å². The molecule has 122 valence electrons. The zero-order valence-electron chi connectivity index (χ0n) is 13.5. The molecule has 2 aromatic rings. The van der Waals surface area contributed by atoms with Gasteiger partial charge in [0.05, 0.1) is 18.4 Å². The average molecular weight is 335 g/mol. The van der Waals surface area contributed by atoms with Gasteiger partial charge >= 0.3 is 0 Å². The second kappa shape index (κ2) is 6.83. The number of halogens is 1. The van der Waals surface area contributed by atoms with E-state index in [1.807, 2.05) is 20.8 Å². The van der Waals surface area contributed by atoms with Gasteiger partial charge < -0.3 is 15.4 Å². The highest BCUT2D eigenvalue weighted by molar-refractivity contribution is 6.31. The van der Waals surface area contributed by atoms with Crippen molar-refractivity contribution in [2.75, 3.05) is 12.4 Å². The number of carbonyl (C=O) groups excluding carboxylic acids is 1. The van der Waals surface area contributed by atoms with Crippen LogP contribution in [0.2, 0.25) is 5.02 Å². The maximum atomic E-state index is 12.0. The Balaban J connectivity index is 2.14. The summed E-state index contributed by atoms with van der Waals surface area (Å²) in [5.41, 5.74) is 0.720. The fourth-order valence-electron chi connectivity index (χ4n) is 1.82. The van der Waals surface area contributed by atoms with Crippen molar-refractivity contribution in [1.29, 1.82) is 0 Å². The third-order valence-electron chi connectivity index (χ3n) is 2.81. The topological polar surface area (TPSA) is 76.1 Å². The van der Waals surface area contributed by atoms with Gasteiger partial charge in [-0.15, -0.1) is 0 Å². The average Bonchev–Trinajstić information content (AvgIpc) is 2.46.